The Labute approximate surface area is 110 Å². The van der Waals surface area contributed by atoms with Crippen LogP contribution in [0.15, 0.2) is 6.20 Å². The molecule has 1 unspecified atom stereocenters. The van der Waals surface area contributed by atoms with Gasteiger partial charge in [0.1, 0.15) is 0 Å². The van der Waals surface area contributed by atoms with Crippen LogP contribution in [0.4, 0.5) is 0 Å². The molecule has 1 atom stereocenters. The second-order valence-electron chi connectivity index (χ2n) is 5.58. The third kappa shape index (κ3) is 3.56. The molecule has 0 aliphatic carbocycles. The van der Waals surface area contributed by atoms with E-state index in [-0.39, 0.29) is 0 Å². The van der Waals surface area contributed by atoms with Crippen molar-refractivity contribution in [1.29, 1.82) is 0 Å². The number of ether oxygens (including phenoxy) is 1. The van der Waals surface area contributed by atoms with E-state index in [4.69, 9.17) is 4.74 Å². The number of hydrogen-bond acceptors (Lipinski definition) is 3. The van der Waals surface area contributed by atoms with Crippen molar-refractivity contribution in [2.75, 3.05) is 19.8 Å². The first kappa shape index (κ1) is 13.6. The molecule has 102 valence electrons. The van der Waals surface area contributed by atoms with Gasteiger partial charge in [0, 0.05) is 38.5 Å². The molecule has 18 heavy (non-hydrogen) atoms. The summed E-state index contributed by atoms with van der Waals surface area (Å²) in [6.45, 7) is 8.21. The van der Waals surface area contributed by atoms with Crippen LogP contribution in [0.3, 0.4) is 0 Å². The van der Waals surface area contributed by atoms with Crippen LogP contribution in [0.2, 0.25) is 0 Å². The summed E-state index contributed by atoms with van der Waals surface area (Å²) in [5.74, 6) is 1.17. The predicted octanol–water partition coefficient (Wildman–Crippen LogP) is 2.06. The number of nitrogens with zero attached hydrogens (tertiary/aromatic N) is 2. The summed E-state index contributed by atoms with van der Waals surface area (Å²) in [6, 6.07) is 0. The van der Waals surface area contributed by atoms with Gasteiger partial charge in [-0.15, -0.1) is 0 Å². The lowest BCUT2D eigenvalue weighted by Crippen LogP contribution is -2.29. The Morgan fingerprint density at radius 3 is 3.06 bits per heavy atom. The third-order valence-corrected chi connectivity index (χ3v) is 3.49. The summed E-state index contributed by atoms with van der Waals surface area (Å²) in [6.07, 6.45) is 4.62. The first-order valence-electron chi connectivity index (χ1n) is 6.97. The fourth-order valence-corrected chi connectivity index (χ4v) is 2.56. The van der Waals surface area contributed by atoms with E-state index in [9.17, 15) is 0 Å². The molecule has 1 aliphatic heterocycles. The van der Waals surface area contributed by atoms with Crippen LogP contribution in [0.25, 0.3) is 0 Å². The van der Waals surface area contributed by atoms with Gasteiger partial charge in [-0.2, -0.15) is 5.10 Å². The molecule has 0 spiro atoms. The number of aryl methyl sites for hydroxylation is 1. The normalized spacial score (nSPS) is 20.6. The standard InChI is InChI=1S/C14H25N3O/c1-11(2)14-13(9-17(3)16-14)8-15-7-12-5-4-6-18-10-12/h9,11-12,15H,4-8,10H2,1-3H3. The lowest BCUT2D eigenvalue weighted by molar-refractivity contribution is 0.0547. The Kier molecular flexibility index (Phi) is 4.78. The van der Waals surface area contributed by atoms with Gasteiger partial charge >= 0.3 is 0 Å². The van der Waals surface area contributed by atoms with Crippen molar-refractivity contribution >= 4 is 0 Å². The van der Waals surface area contributed by atoms with Crippen molar-refractivity contribution in [2.45, 2.75) is 39.2 Å². The van der Waals surface area contributed by atoms with Crippen LogP contribution in [-0.2, 0) is 18.3 Å². The van der Waals surface area contributed by atoms with E-state index >= 15 is 0 Å². The van der Waals surface area contributed by atoms with E-state index in [1.54, 1.807) is 0 Å². The van der Waals surface area contributed by atoms with Gasteiger partial charge in [-0.25, -0.2) is 0 Å². The first-order chi connectivity index (χ1) is 8.66. The maximum atomic E-state index is 5.49. The van der Waals surface area contributed by atoms with E-state index in [1.807, 2.05) is 11.7 Å². The highest BCUT2D eigenvalue weighted by Gasteiger charge is 2.15. The van der Waals surface area contributed by atoms with Gasteiger partial charge in [-0.05, 0) is 24.7 Å². The molecule has 2 heterocycles. The molecular formula is C14H25N3O. The Hall–Kier alpha value is -0.870. The zero-order chi connectivity index (χ0) is 13.0. The zero-order valence-corrected chi connectivity index (χ0v) is 11.8. The molecule has 1 aliphatic rings. The van der Waals surface area contributed by atoms with Crippen molar-refractivity contribution in [2.24, 2.45) is 13.0 Å². The third-order valence-electron chi connectivity index (χ3n) is 3.49. The van der Waals surface area contributed by atoms with E-state index in [2.05, 4.69) is 30.5 Å². The first-order valence-corrected chi connectivity index (χ1v) is 6.97. The van der Waals surface area contributed by atoms with Gasteiger partial charge in [0.25, 0.3) is 0 Å². The van der Waals surface area contributed by atoms with Gasteiger partial charge in [0.2, 0.25) is 0 Å². The second-order valence-corrected chi connectivity index (χ2v) is 5.58. The topological polar surface area (TPSA) is 39.1 Å². The maximum absolute atomic E-state index is 5.49. The fourth-order valence-electron chi connectivity index (χ4n) is 2.56. The van der Waals surface area contributed by atoms with Crippen LogP contribution in [-0.4, -0.2) is 29.5 Å². The summed E-state index contributed by atoms with van der Waals surface area (Å²) in [5.41, 5.74) is 2.54. The van der Waals surface area contributed by atoms with E-state index in [0.717, 1.165) is 26.3 Å². The highest BCUT2D eigenvalue weighted by Crippen LogP contribution is 2.17. The molecule has 1 aromatic rings. The lowest BCUT2D eigenvalue weighted by atomic mass is 10.0. The second kappa shape index (κ2) is 6.34. The van der Waals surface area contributed by atoms with Crippen molar-refractivity contribution in [1.82, 2.24) is 15.1 Å². The molecule has 2 rings (SSSR count). The summed E-state index contributed by atoms with van der Waals surface area (Å²) < 4.78 is 7.41. The average molecular weight is 251 g/mol. The van der Waals surface area contributed by atoms with Gasteiger partial charge in [-0.1, -0.05) is 13.8 Å². The highest BCUT2D eigenvalue weighted by molar-refractivity contribution is 5.19. The molecule has 4 heteroatoms. The van der Waals surface area contributed by atoms with Gasteiger partial charge < -0.3 is 10.1 Å². The van der Waals surface area contributed by atoms with E-state index in [0.29, 0.717) is 11.8 Å². The Morgan fingerprint density at radius 2 is 2.39 bits per heavy atom. The van der Waals surface area contributed by atoms with Crippen molar-refractivity contribution in [3.63, 3.8) is 0 Å². The van der Waals surface area contributed by atoms with Gasteiger partial charge in [0.05, 0.1) is 12.3 Å². The number of hydrogen-bond donors (Lipinski definition) is 1. The van der Waals surface area contributed by atoms with Crippen LogP contribution in [0.5, 0.6) is 0 Å². The predicted molar refractivity (Wildman–Crippen MR) is 72.5 cm³/mol. The molecule has 1 N–H and O–H groups in total. The molecule has 0 amide bonds. The van der Waals surface area contributed by atoms with Crippen molar-refractivity contribution in [3.05, 3.63) is 17.5 Å². The molecule has 1 fully saturated rings. The molecule has 0 saturated carbocycles. The fraction of sp³-hybridized carbons (Fsp3) is 0.786. The summed E-state index contributed by atoms with van der Waals surface area (Å²) in [7, 11) is 1.99. The molecule has 1 aromatic heterocycles. The van der Waals surface area contributed by atoms with Gasteiger partial charge in [-0.3, -0.25) is 4.68 Å². The van der Waals surface area contributed by atoms with E-state index in [1.165, 1.54) is 24.1 Å². The highest BCUT2D eigenvalue weighted by atomic mass is 16.5. The van der Waals surface area contributed by atoms with Crippen molar-refractivity contribution in [3.8, 4) is 0 Å². The largest absolute Gasteiger partial charge is 0.381 e. The van der Waals surface area contributed by atoms with Crippen LogP contribution in [0.1, 0.15) is 43.9 Å². The van der Waals surface area contributed by atoms with E-state index < -0.39 is 0 Å². The summed E-state index contributed by atoms with van der Waals surface area (Å²) in [4.78, 5) is 0. The molecular weight excluding hydrogens is 226 g/mol. The number of aromatic nitrogens is 2. The molecule has 0 bridgehead atoms. The Bertz CT molecular complexity index is 367. The van der Waals surface area contributed by atoms with Crippen LogP contribution in [0, 0.1) is 5.92 Å². The molecule has 0 aromatic carbocycles. The SMILES string of the molecule is CC(C)c1nn(C)cc1CNCC1CCCOC1. The minimum atomic E-state index is 0.487. The Morgan fingerprint density at radius 1 is 1.56 bits per heavy atom. The molecule has 4 nitrogen and oxygen atoms in total. The van der Waals surface area contributed by atoms with Gasteiger partial charge in [0.15, 0.2) is 0 Å². The van der Waals surface area contributed by atoms with Crippen LogP contribution < -0.4 is 5.32 Å². The average Bonchev–Trinajstić information content (AvgIpc) is 2.72. The maximum Gasteiger partial charge on any atom is 0.0694 e. The summed E-state index contributed by atoms with van der Waals surface area (Å²) >= 11 is 0. The monoisotopic (exact) mass is 251 g/mol. The number of nitrogens with one attached hydrogen (secondary N) is 1. The molecule has 1 saturated heterocycles. The quantitative estimate of drug-likeness (QED) is 0.870. The number of rotatable bonds is 5. The zero-order valence-electron chi connectivity index (χ0n) is 11.8. The minimum Gasteiger partial charge on any atom is -0.381 e. The smallest absolute Gasteiger partial charge is 0.0694 e. The van der Waals surface area contributed by atoms with Crippen LogP contribution >= 0.6 is 0 Å². The molecule has 0 radical (unpaired) electrons. The minimum absolute atomic E-state index is 0.487. The summed E-state index contributed by atoms with van der Waals surface area (Å²) in [5, 5.41) is 8.07. The van der Waals surface area contributed by atoms with Crippen molar-refractivity contribution < 1.29 is 4.74 Å². The lowest BCUT2D eigenvalue weighted by Gasteiger charge is -2.22. The Balaban J connectivity index is 1.82.